The van der Waals surface area contributed by atoms with Crippen molar-refractivity contribution in [3.8, 4) is 11.3 Å². The van der Waals surface area contributed by atoms with Crippen LogP contribution in [0.5, 0.6) is 0 Å². The van der Waals surface area contributed by atoms with E-state index in [0.29, 0.717) is 12.2 Å². The lowest BCUT2D eigenvalue weighted by atomic mass is 10.2. The van der Waals surface area contributed by atoms with Gasteiger partial charge in [0.1, 0.15) is 0 Å². The summed E-state index contributed by atoms with van der Waals surface area (Å²) in [6, 6.07) is 10.4. The topological polar surface area (TPSA) is 66.9 Å². The van der Waals surface area contributed by atoms with Gasteiger partial charge >= 0.3 is 6.03 Å². The summed E-state index contributed by atoms with van der Waals surface area (Å²) in [4.78, 5) is 23.4. The molecule has 18 heavy (non-hydrogen) atoms. The molecule has 5 nitrogen and oxygen atoms in total. The van der Waals surface area contributed by atoms with Crippen molar-refractivity contribution in [3.63, 3.8) is 0 Å². The normalized spacial score (nSPS) is 10.3. The number of carbonyl (C=O) groups excluding carboxylic acids is 1. The molecule has 2 rings (SSSR count). The molecule has 0 bridgehead atoms. The lowest BCUT2D eigenvalue weighted by Crippen LogP contribution is -2.35. The Balaban J connectivity index is 2.28. The van der Waals surface area contributed by atoms with Crippen LogP contribution in [0.15, 0.2) is 41.2 Å². The second-order valence-corrected chi connectivity index (χ2v) is 3.94. The molecule has 2 aromatic rings. The molecule has 1 aromatic carbocycles. The molecule has 0 unspecified atom stereocenters. The number of nitrogens with zero attached hydrogens (tertiary/aromatic N) is 1. The Morgan fingerprint density at radius 1 is 1.33 bits per heavy atom. The summed E-state index contributed by atoms with van der Waals surface area (Å²) in [6.07, 6.45) is 0.826. The molecular formula is C13H15N3O2. The summed E-state index contributed by atoms with van der Waals surface area (Å²) in [5, 5.41) is 5.45. The van der Waals surface area contributed by atoms with E-state index in [-0.39, 0.29) is 5.56 Å². The molecule has 1 heterocycles. The van der Waals surface area contributed by atoms with Gasteiger partial charge < -0.3 is 5.32 Å². The molecular weight excluding hydrogens is 230 g/mol. The molecule has 2 N–H and O–H groups in total. The summed E-state index contributed by atoms with van der Waals surface area (Å²) in [6.45, 7) is 2.50. The van der Waals surface area contributed by atoms with Crippen LogP contribution in [0.25, 0.3) is 11.3 Å². The van der Waals surface area contributed by atoms with Crippen molar-refractivity contribution in [2.24, 2.45) is 0 Å². The number of H-pyrrole nitrogens is 1. The highest BCUT2D eigenvalue weighted by molar-refractivity contribution is 5.76. The van der Waals surface area contributed by atoms with Gasteiger partial charge in [-0.1, -0.05) is 37.3 Å². The number of hydrogen-bond acceptors (Lipinski definition) is 2. The van der Waals surface area contributed by atoms with Gasteiger partial charge in [0.25, 0.3) is 5.56 Å². The Bertz CT molecular complexity index is 584. The molecule has 0 radical (unpaired) electrons. The zero-order valence-electron chi connectivity index (χ0n) is 10.1. The molecule has 1 aromatic heterocycles. The lowest BCUT2D eigenvalue weighted by molar-refractivity contribution is 0.239. The Morgan fingerprint density at radius 3 is 2.72 bits per heavy atom. The van der Waals surface area contributed by atoms with Gasteiger partial charge in [0, 0.05) is 12.6 Å². The highest BCUT2D eigenvalue weighted by Crippen LogP contribution is 2.13. The van der Waals surface area contributed by atoms with Crippen LogP contribution in [0.2, 0.25) is 0 Å². The summed E-state index contributed by atoms with van der Waals surface area (Å²) in [5.41, 5.74) is 1.14. The summed E-state index contributed by atoms with van der Waals surface area (Å²) in [5.74, 6) is 0. The average Bonchev–Trinajstić information content (AvgIpc) is 2.79. The van der Waals surface area contributed by atoms with Gasteiger partial charge in [-0.15, -0.1) is 0 Å². The molecule has 0 fully saturated rings. The highest BCUT2D eigenvalue weighted by Gasteiger charge is 2.10. The van der Waals surface area contributed by atoms with Gasteiger partial charge in [-0.2, -0.15) is 4.68 Å². The molecule has 0 saturated heterocycles. The van der Waals surface area contributed by atoms with E-state index >= 15 is 0 Å². The minimum atomic E-state index is -0.427. The molecule has 0 atom stereocenters. The number of aromatic nitrogens is 2. The van der Waals surface area contributed by atoms with Crippen molar-refractivity contribution in [1.82, 2.24) is 15.1 Å². The fourth-order valence-corrected chi connectivity index (χ4v) is 1.62. The Labute approximate surface area is 104 Å². The van der Waals surface area contributed by atoms with Crippen LogP contribution in [-0.4, -0.2) is 22.4 Å². The van der Waals surface area contributed by atoms with Crippen molar-refractivity contribution in [2.45, 2.75) is 13.3 Å². The highest BCUT2D eigenvalue weighted by atomic mass is 16.2. The largest absolute Gasteiger partial charge is 0.343 e. The van der Waals surface area contributed by atoms with E-state index in [2.05, 4.69) is 10.4 Å². The smallest absolute Gasteiger partial charge is 0.336 e. The number of aromatic amines is 1. The van der Waals surface area contributed by atoms with Crippen molar-refractivity contribution >= 4 is 6.03 Å². The number of carbonyl (C=O) groups is 1. The van der Waals surface area contributed by atoms with E-state index in [1.807, 2.05) is 37.3 Å². The fraction of sp³-hybridized carbons (Fsp3) is 0.231. The first-order valence-electron chi connectivity index (χ1n) is 5.88. The van der Waals surface area contributed by atoms with Gasteiger partial charge in [0.2, 0.25) is 0 Å². The first kappa shape index (κ1) is 12.2. The zero-order valence-corrected chi connectivity index (χ0v) is 10.1. The second-order valence-electron chi connectivity index (χ2n) is 3.94. The van der Waals surface area contributed by atoms with E-state index in [0.717, 1.165) is 16.7 Å². The predicted molar refractivity (Wildman–Crippen MR) is 69.6 cm³/mol. The Kier molecular flexibility index (Phi) is 3.62. The summed E-state index contributed by atoms with van der Waals surface area (Å²) >= 11 is 0. The van der Waals surface area contributed by atoms with E-state index in [9.17, 15) is 9.59 Å². The third kappa shape index (κ3) is 2.51. The number of hydrogen-bond donors (Lipinski definition) is 2. The van der Waals surface area contributed by atoms with E-state index in [1.54, 1.807) is 0 Å². The van der Waals surface area contributed by atoms with Gasteiger partial charge in [0.15, 0.2) is 0 Å². The van der Waals surface area contributed by atoms with Crippen molar-refractivity contribution in [3.05, 3.63) is 46.8 Å². The maximum Gasteiger partial charge on any atom is 0.343 e. The number of rotatable bonds is 3. The fourth-order valence-electron chi connectivity index (χ4n) is 1.62. The van der Waals surface area contributed by atoms with Gasteiger partial charge in [-0.25, -0.2) is 4.79 Å². The standard InChI is InChI=1S/C13H15N3O2/c1-2-8-14-13(18)16-12(17)9-11(15-16)10-6-4-3-5-7-10/h3-7,9,15H,2,8H2,1H3,(H,14,18). The van der Waals surface area contributed by atoms with E-state index in [4.69, 9.17) is 0 Å². The number of benzene rings is 1. The first-order valence-corrected chi connectivity index (χ1v) is 5.88. The van der Waals surface area contributed by atoms with Crippen molar-refractivity contribution < 1.29 is 4.79 Å². The average molecular weight is 245 g/mol. The van der Waals surface area contributed by atoms with Crippen molar-refractivity contribution in [1.29, 1.82) is 0 Å². The first-order chi connectivity index (χ1) is 8.72. The third-order valence-corrected chi connectivity index (χ3v) is 2.53. The molecule has 0 saturated carbocycles. The van der Waals surface area contributed by atoms with Crippen LogP contribution >= 0.6 is 0 Å². The number of nitrogens with one attached hydrogen (secondary N) is 2. The van der Waals surface area contributed by atoms with Crippen LogP contribution in [0.1, 0.15) is 13.3 Å². The summed E-state index contributed by atoms with van der Waals surface area (Å²) < 4.78 is 0.984. The molecule has 0 aliphatic heterocycles. The maximum atomic E-state index is 11.7. The monoisotopic (exact) mass is 245 g/mol. The second kappa shape index (κ2) is 5.35. The van der Waals surface area contributed by atoms with Gasteiger partial charge in [-0.3, -0.25) is 9.89 Å². The van der Waals surface area contributed by atoms with Crippen LogP contribution in [-0.2, 0) is 0 Å². The van der Waals surface area contributed by atoms with E-state index < -0.39 is 6.03 Å². The maximum absolute atomic E-state index is 11.7. The Hall–Kier alpha value is -2.30. The lowest BCUT2D eigenvalue weighted by Gasteiger charge is -2.02. The van der Waals surface area contributed by atoms with Crippen LogP contribution < -0.4 is 10.9 Å². The molecule has 94 valence electrons. The van der Waals surface area contributed by atoms with Crippen molar-refractivity contribution in [2.75, 3.05) is 6.54 Å². The van der Waals surface area contributed by atoms with Crippen LogP contribution in [0, 0.1) is 0 Å². The molecule has 0 aliphatic rings. The predicted octanol–water partition coefficient (Wildman–Crippen LogP) is 1.81. The molecule has 0 spiro atoms. The van der Waals surface area contributed by atoms with Gasteiger partial charge in [-0.05, 0) is 12.0 Å². The quantitative estimate of drug-likeness (QED) is 0.866. The van der Waals surface area contributed by atoms with E-state index in [1.165, 1.54) is 6.07 Å². The summed E-state index contributed by atoms with van der Waals surface area (Å²) in [7, 11) is 0. The van der Waals surface area contributed by atoms with Crippen LogP contribution in [0.4, 0.5) is 4.79 Å². The minimum absolute atomic E-state index is 0.359. The zero-order chi connectivity index (χ0) is 13.0. The minimum Gasteiger partial charge on any atom is -0.336 e. The van der Waals surface area contributed by atoms with Crippen LogP contribution in [0.3, 0.4) is 0 Å². The SMILES string of the molecule is CCCNC(=O)n1[nH]c(-c2ccccc2)cc1=O. The molecule has 0 aliphatic carbocycles. The van der Waals surface area contributed by atoms with Gasteiger partial charge in [0.05, 0.1) is 5.69 Å². The molecule has 1 amide bonds. The number of amides is 1. The Morgan fingerprint density at radius 2 is 2.06 bits per heavy atom. The molecule has 5 heteroatoms. The third-order valence-electron chi connectivity index (χ3n) is 2.53.